The van der Waals surface area contributed by atoms with E-state index in [1.165, 1.54) is 0 Å². The van der Waals surface area contributed by atoms with Gasteiger partial charge in [-0.25, -0.2) is 0 Å². The molecule has 0 spiro atoms. The molecule has 2 rings (SSSR count). The van der Waals surface area contributed by atoms with E-state index in [1.54, 1.807) is 0 Å². The Morgan fingerprint density at radius 1 is 1.69 bits per heavy atom. The highest BCUT2D eigenvalue weighted by atomic mass is 16.3. The molecule has 4 N–H and O–H groups in total. The zero-order valence-corrected chi connectivity index (χ0v) is 7.80. The molecule has 1 atom stereocenters. The normalized spacial score (nSPS) is 27.3. The molecule has 72 valence electrons. The molecule has 13 heavy (non-hydrogen) atoms. The Kier molecular flexibility index (Phi) is 1.89. The summed E-state index contributed by atoms with van der Waals surface area (Å²) in [6.45, 7) is 2.21. The number of aromatic amines is 1. The van der Waals surface area contributed by atoms with Crippen molar-refractivity contribution in [2.24, 2.45) is 5.73 Å². The van der Waals surface area contributed by atoms with Crippen molar-refractivity contribution < 1.29 is 5.11 Å². The molecule has 1 unspecified atom stereocenters. The summed E-state index contributed by atoms with van der Waals surface area (Å²) in [6.07, 6.45) is 2.66. The monoisotopic (exact) mass is 181 g/mol. The van der Waals surface area contributed by atoms with Gasteiger partial charge in [0.05, 0.1) is 5.69 Å². The molecule has 1 aliphatic rings. The van der Waals surface area contributed by atoms with Crippen molar-refractivity contribution in [1.82, 2.24) is 10.2 Å². The van der Waals surface area contributed by atoms with E-state index < -0.39 is 5.60 Å². The van der Waals surface area contributed by atoms with Crippen LogP contribution in [0.15, 0.2) is 0 Å². The fourth-order valence-corrected chi connectivity index (χ4v) is 2.16. The molecule has 0 bridgehead atoms. The molecular weight excluding hydrogens is 166 g/mol. The molecule has 0 aliphatic heterocycles. The molecule has 1 aromatic heterocycles. The van der Waals surface area contributed by atoms with E-state index in [0.717, 1.165) is 36.2 Å². The van der Waals surface area contributed by atoms with Gasteiger partial charge in [0.1, 0.15) is 5.60 Å². The van der Waals surface area contributed by atoms with Gasteiger partial charge in [-0.1, -0.05) is 0 Å². The van der Waals surface area contributed by atoms with Crippen LogP contribution in [0.3, 0.4) is 0 Å². The Morgan fingerprint density at radius 2 is 2.46 bits per heavy atom. The van der Waals surface area contributed by atoms with Crippen LogP contribution in [0, 0.1) is 6.92 Å². The number of hydrogen-bond donors (Lipinski definition) is 3. The Bertz CT molecular complexity index is 321. The van der Waals surface area contributed by atoms with Crippen LogP contribution in [0.4, 0.5) is 0 Å². The van der Waals surface area contributed by atoms with Crippen molar-refractivity contribution in [2.75, 3.05) is 6.54 Å². The molecule has 0 aromatic carbocycles. The minimum atomic E-state index is -0.843. The van der Waals surface area contributed by atoms with Gasteiger partial charge >= 0.3 is 0 Å². The Balaban J connectivity index is 2.52. The molecule has 0 saturated carbocycles. The lowest BCUT2D eigenvalue weighted by atomic mass is 9.81. The van der Waals surface area contributed by atoms with Crippen molar-refractivity contribution in [3.8, 4) is 0 Å². The summed E-state index contributed by atoms with van der Waals surface area (Å²) >= 11 is 0. The van der Waals surface area contributed by atoms with Crippen molar-refractivity contribution in [3.05, 3.63) is 17.0 Å². The highest BCUT2D eigenvalue weighted by Gasteiger charge is 2.36. The third-order valence-corrected chi connectivity index (χ3v) is 2.83. The van der Waals surface area contributed by atoms with Crippen LogP contribution in [0.5, 0.6) is 0 Å². The molecule has 1 aromatic rings. The van der Waals surface area contributed by atoms with E-state index in [0.29, 0.717) is 0 Å². The minimum Gasteiger partial charge on any atom is -0.384 e. The predicted octanol–water partition coefficient (Wildman–Crippen LogP) is 0.201. The van der Waals surface area contributed by atoms with Gasteiger partial charge < -0.3 is 10.8 Å². The molecule has 4 heteroatoms. The first kappa shape index (κ1) is 8.72. The summed E-state index contributed by atoms with van der Waals surface area (Å²) in [6, 6.07) is 0. The summed E-state index contributed by atoms with van der Waals surface area (Å²) in [7, 11) is 0. The van der Waals surface area contributed by atoms with Crippen LogP contribution in [0.2, 0.25) is 0 Å². The van der Waals surface area contributed by atoms with Crippen molar-refractivity contribution in [1.29, 1.82) is 0 Å². The highest BCUT2D eigenvalue weighted by Crippen LogP contribution is 2.35. The molecule has 1 heterocycles. The molecule has 0 radical (unpaired) electrons. The molecular formula is C9H15N3O. The van der Waals surface area contributed by atoms with Gasteiger partial charge in [0, 0.05) is 17.8 Å². The number of aliphatic hydroxyl groups is 1. The molecule has 4 nitrogen and oxygen atoms in total. The number of fused-ring (bicyclic) bond motifs is 1. The number of H-pyrrole nitrogens is 1. The number of rotatable bonds is 1. The van der Waals surface area contributed by atoms with Crippen LogP contribution in [0.1, 0.15) is 29.8 Å². The third-order valence-electron chi connectivity index (χ3n) is 2.83. The average molecular weight is 181 g/mol. The Morgan fingerprint density at radius 3 is 3.15 bits per heavy atom. The maximum atomic E-state index is 10.2. The smallest absolute Gasteiger partial charge is 0.105 e. The molecule has 0 amide bonds. The number of aryl methyl sites for hydroxylation is 2. The van der Waals surface area contributed by atoms with E-state index in [9.17, 15) is 5.11 Å². The standard InChI is InChI=1S/C9H15N3O/c1-6-8-7(12-11-6)3-2-4-9(8,13)5-10/h13H,2-5,10H2,1H3,(H,11,12). The van der Waals surface area contributed by atoms with Crippen LogP contribution in [-0.4, -0.2) is 21.8 Å². The second-order valence-electron chi connectivity index (χ2n) is 3.76. The number of hydrogen-bond acceptors (Lipinski definition) is 3. The lowest BCUT2D eigenvalue weighted by Crippen LogP contribution is -2.38. The van der Waals surface area contributed by atoms with E-state index in [-0.39, 0.29) is 6.54 Å². The van der Waals surface area contributed by atoms with Gasteiger partial charge in [-0.15, -0.1) is 0 Å². The second kappa shape index (κ2) is 2.82. The van der Waals surface area contributed by atoms with Crippen LogP contribution in [0.25, 0.3) is 0 Å². The van der Waals surface area contributed by atoms with Crippen LogP contribution >= 0.6 is 0 Å². The fraction of sp³-hybridized carbons (Fsp3) is 0.667. The maximum absolute atomic E-state index is 10.2. The van der Waals surface area contributed by atoms with E-state index in [1.807, 2.05) is 6.92 Å². The lowest BCUT2D eigenvalue weighted by Gasteiger charge is -2.31. The largest absolute Gasteiger partial charge is 0.384 e. The van der Waals surface area contributed by atoms with Crippen molar-refractivity contribution >= 4 is 0 Å². The topological polar surface area (TPSA) is 74.9 Å². The summed E-state index contributed by atoms with van der Waals surface area (Å²) in [5.41, 5.74) is 7.61. The van der Waals surface area contributed by atoms with Gasteiger partial charge in [-0.2, -0.15) is 5.10 Å². The maximum Gasteiger partial charge on any atom is 0.105 e. The van der Waals surface area contributed by atoms with E-state index in [4.69, 9.17) is 5.73 Å². The Labute approximate surface area is 77.1 Å². The lowest BCUT2D eigenvalue weighted by molar-refractivity contribution is 0.0273. The first-order valence-corrected chi connectivity index (χ1v) is 4.64. The first-order valence-electron chi connectivity index (χ1n) is 4.64. The van der Waals surface area contributed by atoms with E-state index >= 15 is 0 Å². The van der Waals surface area contributed by atoms with Gasteiger partial charge in [-0.05, 0) is 26.2 Å². The summed E-state index contributed by atoms with van der Waals surface area (Å²) in [5.74, 6) is 0. The average Bonchev–Trinajstić information content (AvgIpc) is 2.50. The SMILES string of the molecule is Cc1[nH]nc2c1C(O)(CN)CCC2. The fourth-order valence-electron chi connectivity index (χ4n) is 2.16. The second-order valence-corrected chi connectivity index (χ2v) is 3.76. The zero-order valence-electron chi connectivity index (χ0n) is 7.80. The Hall–Kier alpha value is -0.870. The number of aromatic nitrogens is 2. The quantitative estimate of drug-likeness (QED) is 0.579. The van der Waals surface area contributed by atoms with Gasteiger partial charge in [-0.3, -0.25) is 5.10 Å². The van der Waals surface area contributed by atoms with E-state index in [2.05, 4.69) is 10.2 Å². The van der Waals surface area contributed by atoms with Crippen LogP contribution in [-0.2, 0) is 12.0 Å². The molecule has 0 saturated heterocycles. The third kappa shape index (κ3) is 1.17. The zero-order chi connectivity index (χ0) is 9.47. The highest BCUT2D eigenvalue weighted by molar-refractivity contribution is 5.33. The summed E-state index contributed by atoms with van der Waals surface area (Å²) < 4.78 is 0. The summed E-state index contributed by atoms with van der Waals surface area (Å²) in [5, 5.41) is 17.3. The number of nitrogens with one attached hydrogen (secondary N) is 1. The number of nitrogens with two attached hydrogens (primary N) is 1. The predicted molar refractivity (Wildman–Crippen MR) is 49.2 cm³/mol. The number of nitrogens with zero attached hydrogens (tertiary/aromatic N) is 1. The summed E-state index contributed by atoms with van der Waals surface area (Å²) in [4.78, 5) is 0. The van der Waals surface area contributed by atoms with Gasteiger partial charge in [0.2, 0.25) is 0 Å². The van der Waals surface area contributed by atoms with Gasteiger partial charge in [0.25, 0.3) is 0 Å². The minimum absolute atomic E-state index is 0.278. The first-order chi connectivity index (χ1) is 6.17. The molecule has 1 aliphatic carbocycles. The van der Waals surface area contributed by atoms with Crippen molar-refractivity contribution in [2.45, 2.75) is 31.8 Å². The van der Waals surface area contributed by atoms with Crippen molar-refractivity contribution in [3.63, 3.8) is 0 Å². The van der Waals surface area contributed by atoms with Crippen LogP contribution < -0.4 is 5.73 Å². The van der Waals surface area contributed by atoms with Gasteiger partial charge in [0.15, 0.2) is 0 Å². The molecule has 0 fully saturated rings.